The minimum atomic E-state index is -0.753. The second kappa shape index (κ2) is 12.5. The number of esters is 1. The number of aromatic nitrogens is 2. The number of fused-ring (bicyclic) bond motifs is 2. The smallest absolute Gasteiger partial charge is 0.338 e. The summed E-state index contributed by atoms with van der Waals surface area (Å²) in [7, 11) is 0. The molecule has 4 heterocycles. The number of rotatable bonds is 7. The number of para-hydroxylation sites is 1. The lowest BCUT2D eigenvalue weighted by Gasteiger charge is -2.26. The van der Waals surface area contributed by atoms with Crippen LogP contribution in [0.5, 0.6) is 0 Å². The van der Waals surface area contributed by atoms with Crippen LogP contribution in [0, 0.1) is 0 Å². The summed E-state index contributed by atoms with van der Waals surface area (Å²) in [5, 5.41) is 1.72. The molecule has 0 bridgehead atoms. The molecule has 7 rings (SSSR count). The molecule has 222 valence electrons. The van der Waals surface area contributed by atoms with Crippen LogP contribution in [-0.4, -0.2) is 22.1 Å². The van der Waals surface area contributed by atoms with Crippen LogP contribution in [0.1, 0.15) is 29.9 Å². The Kier molecular flexibility index (Phi) is 8.10. The van der Waals surface area contributed by atoms with Gasteiger partial charge >= 0.3 is 5.97 Å². The lowest BCUT2D eigenvalue weighted by atomic mass is 9.93. The van der Waals surface area contributed by atoms with Gasteiger partial charge in [-0.25, -0.2) is 9.79 Å². The Bertz CT molecular complexity index is 2280. The molecule has 0 fully saturated rings. The van der Waals surface area contributed by atoms with Gasteiger partial charge in [0.25, 0.3) is 5.56 Å². The Labute approximate surface area is 274 Å². The highest BCUT2D eigenvalue weighted by atomic mass is 79.9. The number of hydrogen-bond acceptors (Lipinski definition) is 8. The number of ether oxygens (including phenoxy) is 1. The quantitative estimate of drug-likeness (QED) is 0.168. The summed E-state index contributed by atoms with van der Waals surface area (Å²) in [5.41, 5.74) is 2.92. The monoisotopic (exact) mass is 693 g/mol. The molecule has 1 aliphatic heterocycles. The van der Waals surface area contributed by atoms with Crippen molar-refractivity contribution in [2.45, 2.75) is 23.0 Å². The summed E-state index contributed by atoms with van der Waals surface area (Å²) in [5.74, 6) is 0.0119. The van der Waals surface area contributed by atoms with Crippen molar-refractivity contribution < 1.29 is 13.9 Å². The molecule has 0 saturated heterocycles. The zero-order chi connectivity index (χ0) is 30.9. The van der Waals surface area contributed by atoms with E-state index in [9.17, 15) is 9.59 Å². The number of furan rings is 1. The summed E-state index contributed by atoms with van der Waals surface area (Å²) in [6.07, 6.45) is 3.50. The molecule has 0 amide bonds. The second-order valence-corrected chi connectivity index (χ2v) is 13.0. The molecule has 45 heavy (non-hydrogen) atoms. The Morgan fingerprint density at radius 3 is 2.69 bits per heavy atom. The lowest BCUT2D eigenvalue weighted by Crippen LogP contribution is -2.40. The van der Waals surface area contributed by atoms with Gasteiger partial charge in [0.1, 0.15) is 5.76 Å². The van der Waals surface area contributed by atoms with Gasteiger partial charge in [0.15, 0.2) is 9.89 Å². The molecular weight excluding hydrogens is 670 g/mol. The predicted octanol–water partition coefficient (Wildman–Crippen LogP) is 6.99. The second-order valence-electron chi connectivity index (χ2n) is 10.1. The molecule has 0 radical (unpaired) electrons. The van der Waals surface area contributed by atoms with E-state index in [1.54, 1.807) is 23.8 Å². The van der Waals surface area contributed by atoms with Gasteiger partial charge in [0, 0.05) is 32.6 Å². The third kappa shape index (κ3) is 5.72. The van der Waals surface area contributed by atoms with E-state index >= 15 is 0 Å². The van der Waals surface area contributed by atoms with Gasteiger partial charge < -0.3 is 9.15 Å². The molecule has 0 N–H and O–H groups in total. The van der Waals surface area contributed by atoms with E-state index in [2.05, 4.69) is 20.9 Å². The molecule has 0 aliphatic carbocycles. The first-order valence-corrected chi connectivity index (χ1v) is 16.6. The van der Waals surface area contributed by atoms with Crippen molar-refractivity contribution >= 4 is 67.7 Å². The van der Waals surface area contributed by atoms with Gasteiger partial charge in [0.05, 0.1) is 34.0 Å². The summed E-state index contributed by atoms with van der Waals surface area (Å²) in [6.45, 7) is 1.95. The van der Waals surface area contributed by atoms with Crippen molar-refractivity contribution in [3.05, 3.63) is 150 Å². The van der Waals surface area contributed by atoms with Gasteiger partial charge in [0.2, 0.25) is 0 Å². The van der Waals surface area contributed by atoms with Gasteiger partial charge in [-0.15, -0.1) is 0 Å². The van der Waals surface area contributed by atoms with Gasteiger partial charge in [-0.1, -0.05) is 87.9 Å². The van der Waals surface area contributed by atoms with Gasteiger partial charge in [-0.3, -0.25) is 14.3 Å². The van der Waals surface area contributed by atoms with E-state index in [4.69, 9.17) is 14.1 Å². The number of halogens is 1. The average Bonchev–Trinajstić information content (AvgIpc) is 3.63. The summed E-state index contributed by atoms with van der Waals surface area (Å²) in [4.78, 5) is 38.6. The van der Waals surface area contributed by atoms with Crippen LogP contribution in [0.25, 0.3) is 22.7 Å². The van der Waals surface area contributed by atoms with E-state index in [0.29, 0.717) is 31.5 Å². The minimum absolute atomic E-state index is 0.188. The summed E-state index contributed by atoms with van der Waals surface area (Å²) in [6, 6.07) is 30.0. The zero-order valence-corrected chi connectivity index (χ0v) is 27.1. The molecule has 6 aromatic rings. The van der Waals surface area contributed by atoms with Crippen molar-refractivity contribution in [1.29, 1.82) is 0 Å². The van der Waals surface area contributed by atoms with E-state index in [1.165, 1.54) is 23.1 Å². The topological polar surface area (TPSA) is 86.7 Å². The largest absolute Gasteiger partial charge is 0.463 e. The van der Waals surface area contributed by atoms with Crippen LogP contribution < -0.4 is 14.9 Å². The molecule has 3 aromatic carbocycles. The number of carbonyl (C=O) groups excluding carboxylic acids is 1. The van der Waals surface area contributed by atoms with Crippen molar-refractivity contribution in [1.82, 2.24) is 9.55 Å². The van der Waals surface area contributed by atoms with E-state index in [1.807, 2.05) is 97.1 Å². The Balaban J connectivity index is 1.36. The number of pyridine rings is 1. The maximum Gasteiger partial charge on any atom is 0.338 e. The highest BCUT2D eigenvalue weighted by Crippen LogP contribution is 2.36. The van der Waals surface area contributed by atoms with E-state index in [-0.39, 0.29) is 12.2 Å². The standard InChI is InChI=1S/C35H24BrN3O4S2/c1-2-42-34(41)29-31(22-9-4-3-5-10-22)38-35-39(32(29)23-12-6-14-24(36)19-23)33(40)27(45-35)20-25-16-17-28(43-25)44-26-15-7-11-21-13-8-18-37-30(21)26/h3-20,32H,2H2,1H3/b27-20-/t32-/m0/s1. The fraction of sp³-hybridized carbons (Fsp3) is 0.0857. The van der Waals surface area contributed by atoms with Gasteiger partial charge in [-0.2, -0.15) is 0 Å². The number of nitrogens with zero attached hydrogens (tertiary/aromatic N) is 3. The van der Waals surface area contributed by atoms with Crippen LogP contribution in [-0.2, 0) is 9.53 Å². The number of hydrogen-bond donors (Lipinski definition) is 0. The van der Waals surface area contributed by atoms with E-state index in [0.717, 1.165) is 31.4 Å². The van der Waals surface area contributed by atoms with E-state index < -0.39 is 12.0 Å². The van der Waals surface area contributed by atoms with Crippen molar-refractivity contribution in [2.24, 2.45) is 4.99 Å². The third-order valence-electron chi connectivity index (χ3n) is 7.22. The van der Waals surface area contributed by atoms with Gasteiger partial charge in [-0.05, 0) is 60.6 Å². The molecule has 1 atom stereocenters. The third-order valence-corrected chi connectivity index (χ3v) is 9.67. The molecule has 3 aromatic heterocycles. The highest BCUT2D eigenvalue weighted by Gasteiger charge is 2.35. The van der Waals surface area contributed by atoms with Crippen molar-refractivity contribution in [2.75, 3.05) is 6.61 Å². The van der Waals surface area contributed by atoms with Crippen molar-refractivity contribution in [3.8, 4) is 0 Å². The van der Waals surface area contributed by atoms with Crippen molar-refractivity contribution in [3.63, 3.8) is 0 Å². The summed E-state index contributed by atoms with van der Waals surface area (Å²) < 4.78 is 14.5. The Morgan fingerprint density at radius 1 is 1.04 bits per heavy atom. The van der Waals surface area contributed by atoms with Crippen LogP contribution in [0.3, 0.4) is 0 Å². The first kappa shape index (κ1) is 29.2. The Hall–Kier alpha value is -4.51. The number of carbonyl (C=O) groups is 1. The molecular formula is C35H24BrN3O4S2. The minimum Gasteiger partial charge on any atom is -0.463 e. The molecule has 0 saturated carbocycles. The number of benzene rings is 3. The fourth-order valence-corrected chi connectivity index (χ4v) is 7.60. The first-order chi connectivity index (χ1) is 22.0. The molecule has 0 spiro atoms. The Morgan fingerprint density at radius 2 is 1.87 bits per heavy atom. The zero-order valence-electron chi connectivity index (χ0n) is 23.8. The SMILES string of the molecule is CCOC(=O)C1=C(c2ccccc2)N=c2s/c(=C\c3ccc(Sc4cccc5cccnc45)o3)c(=O)n2[C@H]1c1cccc(Br)c1. The van der Waals surface area contributed by atoms with Crippen LogP contribution in [0.15, 0.2) is 137 Å². The summed E-state index contributed by atoms with van der Waals surface area (Å²) >= 11 is 6.29. The maximum absolute atomic E-state index is 14.1. The van der Waals surface area contributed by atoms with Crippen LogP contribution >= 0.6 is 39.0 Å². The number of thiazole rings is 1. The average molecular weight is 695 g/mol. The molecule has 1 aliphatic rings. The van der Waals surface area contributed by atoms with Crippen LogP contribution in [0.2, 0.25) is 0 Å². The maximum atomic E-state index is 14.1. The lowest BCUT2D eigenvalue weighted by molar-refractivity contribution is -0.138. The fourth-order valence-electron chi connectivity index (χ4n) is 5.30. The molecule has 0 unspecified atom stereocenters. The predicted molar refractivity (Wildman–Crippen MR) is 180 cm³/mol. The molecule has 7 nitrogen and oxygen atoms in total. The normalized spacial score (nSPS) is 14.8. The molecule has 10 heteroatoms. The first-order valence-electron chi connectivity index (χ1n) is 14.2. The highest BCUT2D eigenvalue weighted by molar-refractivity contribution is 9.10. The van der Waals surface area contributed by atoms with Crippen LogP contribution in [0.4, 0.5) is 0 Å².